The van der Waals surface area contributed by atoms with Crippen molar-refractivity contribution in [1.29, 1.82) is 0 Å². The molecule has 2 aliphatic rings. The predicted molar refractivity (Wildman–Crippen MR) is 102 cm³/mol. The number of nitrogens with zero attached hydrogens (tertiary/aromatic N) is 5. The van der Waals surface area contributed by atoms with Crippen LogP contribution in [0.4, 0.5) is 15.0 Å². The van der Waals surface area contributed by atoms with Crippen LogP contribution in [0.15, 0.2) is 36.6 Å². The zero-order chi connectivity index (χ0) is 21.0. The van der Waals surface area contributed by atoms with E-state index >= 15 is 0 Å². The van der Waals surface area contributed by atoms with Gasteiger partial charge in [0.15, 0.2) is 5.69 Å². The summed E-state index contributed by atoms with van der Waals surface area (Å²) in [5.74, 6) is -0.917. The lowest BCUT2D eigenvalue weighted by molar-refractivity contribution is -0.0520. The number of amides is 1. The van der Waals surface area contributed by atoms with Crippen LogP contribution in [0.3, 0.4) is 0 Å². The highest BCUT2D eigenvalue weighted by atomic mass is 79.9. The minimum absolute atomic E-state index is 0.00373. The molecule has 2 fully saturated rings. The Balaban J connectivity index is 1.37. The van der Waals surface area contributed by atoms with Gasteiger partial charge in [-0.25, -0.2) is 23.2 Å². The number of hydrogen-bond acceptors (Lipinski definition) is 8. The van der Waals surface area contributed by atoms with E-state index < -0.39 is 17.7 Å². The van der Waals surface area contributed by atoms with Gasteiger partial charge in [-0.15, -0.1) is 0 Å². The molecule has 0 unspecified atom stereocenters. The Kier molecular flexibility index (Phi) is 4.17. The monoisotopic (exact) mass is 480 g/mol. The van der Waals surface area contributed by atoms with E-state index in [4.69, 9.17) is 14.3 Å². The van der Waals surface area contributed by atoms with Gasteiger partial charge in [-0.3, -0.25) is 4.52 Å². The van der Waals surface area contributed by atoms with E-state index in [1.807, 2.05) is 0 Å². The summed E-state index contributed by atoms with van der Waals surface area (Å²) in [6.07, 6.45) is 0.649. The smallest absolute Gasteiger partial charge is 0.446 e. The van der Waals surface area contributed by atoms with Gasteiger partial charge >= 0.3 is 11.8 Å². The third-order valence-corrected chi connectivity index (χ3v) is 6.10. The molecule has 3 aromatic rings. The van der Waals surface area contributed by atoms with Crippen molar-refractivity contribution in [3.05, 3.63) is 39.0 Å². The molecule has 1 aliphatic carbocycles. The molecule has 2 aromatic heterocycles. The van der Waals surface area contributed by atoms with Crippen LogP contribution < -0.4 is 11.1 Å². The van der Waals surface area contributed by atoms with Crippen molar-refractivity contribution in [2.45, 2.75) is 18.9 Å². The van der Waals surface area contributed by atoms with Crippen molar-refractivity contribution in [2.24, 2.45) is 5.41 Å². The first-order chi connectivity index (χ1) is 14.3. The number of halogens is 2. The Labute approximate surface area is 175 Å². The quantitative estimate of drug-likeness (QED) is 0.575. The van der Waals surface area contributed by atoms with E-state index in [2.05, 4.69) is 36.7 Å². The molecule has 0 bridgehead atoms. The Morgan fingerprint density at radius 2 is 2.07 bits per heavy atom. The Bertz CT molecular complexity index is 1190. The maximum Gasteiger partial charge on any atom is 0.446 e. The fourth-order valence-corrected chi connectivity index (χ4v) is 4.49. The molecule has 1 aliphatic heterocycles. The van der Waals surface area contributed by atoms with Gasteiger partial charge in [0.1, 0.15) is 5.82 Å². The first kappa shape index (κ1) is 18.8. The number of hydrogen-bond donors (Lipinski definition) is 2. The predicted octanol–water partition coefficient (Wildman–Crippen LogP) is 2.33. The van der Waals surface area contributed by atoms with Crippen molar-refractivity contribution in [3.8, 4) is 17.2 Å². The van der Waals surface area contributed by atoms with Crippen LogP contribution in [0.1, 0.15) is 12.8 Å². The second-order valence-electron chi connectivity index (χ2n) is 7.56. The summed E-state index contributed by atoms with van der Waals surface area (Å²) < 4.78 is 24.5. The second-order valence-corrected chi connectivity index (χ2v) is 8.41. The Hall–Kier alpha value is -3.22. The maximum absolute atomic E-state index is 13.6. The fraction of sp³-hybridized carbons (Fsp3) is 0.353. The van der Waals surface area contributed by atoms with Gasteiger partial charge in [0.25, 0.3) is 0 Å². The van der Waals surface area contributed by atoms with E-state index in [0.29, 0.717) is 18.8 Å². The zero-order valence-electron chi connectivity index (χ0n) is 15.2. The number of carboxylic acid groups (broad SMARTS) is 1. The van der Waals surface area contributed by atoms with Gasteiger partial charge in [0.05, 0.1) is 10.2 Å². The first-order valence-corrected chi connectivity index (χ1v) is 9.76. The van der Waals surface area contributed by atoms with Crippen molar-refractivity contribution in [1.82, 2.24) is 24.9 Å². The third kappa shape index (κ3) is 2.96. The highest BCUT2D eigenvalue weighted by Gasteiger charge is 2.54. The third-order valence-electron chi connectivity index (χ3n) is 5.49. The standard InChI is InChI=1S/C17H14BrFN6O5/c18-10-3-9(1-2-11(10)19)25-14(23-29-16(25)28)12-13(22-30-21-12)20-8-4-17(5-8)6-24(7-17)15(26)27/h1-3,8H,4-7H2,(H,20,22)(H,26,27). The molecule has 1 saturated heterocycles. The molecule has 3 heterocycles. The molecule has 1 saturated carbocycles. The molecule has 0 atom stereocenters. The number of rotatable bonds is 4. The summed E-state index contributed by atoms with van der Waals surface area (Å²) in [7, 11) is 0. The highest BCUT2D eigenvalue weighted by Crippen LogP contribution is 2.49. The summed E-state index contributed by atoms with van der Waals surface area (Å²) >= 11 is 3.09. The summed E-state index contributed by atoms with van der Waals surface area (Å²) in [5.41, 5.74) is 0.497. The van der Waals surface area contributed by atoms with Gasteiger partial charge in [-0.2, -0.15) is 0 Å². The molecule has 13 heteroatoms. The van der Waals surface area contributed by atoms with Crippen LogP contribution in [0.2, 0.25) is 0 Å². The summed E-state index contributed by atoms with van der Waals surface area (Å²) in [6, 6.07) is 4.08. The Morgan fingerprint density at radius 1 is 1.30 bits per heavy atom. The van der Waals surface area contributed by atoms with Gasteiger partial charge < -0.3 is 15.3 Å². The van der Waals surface area contributed by atoms with E-state index in [-0.39, 0.29) is 33.3 Å². The fourth-order valence-electron chi connectivity index (χ4n) is 4.12. The van der Waals surface area contributed by atoms with E-state index in [1.54, 1.807) is 0 Å². The van der Waals surface area contributed by atoms with E-state index in [1.165, 1.54) is 23.1 Å². The maximum atomic E-state index is 13.6. The molecule has 1 aromatic carbocycles. The molecule has 5 rings (SSSR count). The van der Waals surface area contributed by atoms with Crippen molar-refractivity contribution < 1.29 is 23.4 Å². The molecular formula is C17H14BrFN6O5. The van der Waals surface area contributed by atoms with E-state index in [0.717, 1.165) is 17.4 Å². The molecule has 11 nitrogen and oxygen atoms in total. The topological polar surface area (TPSA) is 140 Å². The largest absolute Gasteiger partial charge is 0.465 e. The minimum atomic E-state index is -0.906. The molecule has 1 spiro atoms. The first-order valence-electron chi connectivity index (χ1n) is 8.97. The number of anilines is 1. The number of carbonyl (C=O) groups is 1. The number of likely N-dealkylation sites (tertiary alicyclic amines) is 1. The van der Waals surface area contributed by atoms with Crippen LogP contribution in [-0.4, -0.2) is 55.3 Å². The molecule has 2 N–H and O–H groups in total. The summed E-state index contributed by atoms with van der Waals surface area (Å²) in [6.45, 7) is 1.04. The average Bonchev–Trinajstić information content (AvgIpc) is 3.24. The zero-order valence-corrected chi connectivity index (χ0v) is 16.8. The normalized spacial score (nSPS) is 17.6. The number of benzene rings is 1. The number of aromatic nitrogens is 4. The molecule has 1 amide bonds. The highest BCUT2D eigenvalue weighted by molar-refractivity contribution is 9.10. The number of nitrogens with one attached hydrogen (secondary N) is 1. The van der Waals surface area contributed by atoms with Crippen molar-refractivity contribution in [3.63, 3.8) is 0 Å². The van der Waals surface area contributed by atoms with E-state index in [9.17, 15) is 14.0 Å². The average molecular weight is 481 g/mol. The van der Waals surface area contributed by atoms with Gasteiger partial charge in [0.2, 0.25) is 11.6 Å². The lowest BCUT2D eigenvalue weighted by atomic mass is 9.61. The summed E-state index contributed by atoms with van der Waals surface area (Å²) in [4.78, 5) is 24.6. The van der Waals surface area contributed by atoms with Gasteiger partial charge in [-0.05, 0) is 57.3 Å². The lowest BCUT2D eigenvalue weighted by Crippen LogP contribution is -2.65. The van der Waals surface area contributed by atoms with Crippen LogP contribution >= 0.6 is 15.9 Å². The van der Waals surface area contributed by atoms with Crippen LogP contribution in [0.25, 0.3) is 17.2 Å². The van der Waals surface area contributed by atoms with Gasteiger partial charge in [0, 0.05) is 24.5 Å². The van der Waals surface area contributed by atoms with Crippen molar-refractivity contribution in [2.75, 3.05) is 18.4 Å². The lowest BCUT2D eigenvalue weighted by Gasteiger charge is -2.58. The molecule has 0 radical (unpaired) electrons. The van der Waals surface area contributed by atoms with Crippen LogP contribution in [0.5, 0.6) is 0 Å². The molecule has 30 heavy (non-hydrogen) atoms. The SMILES string of the molecule is O=C(O)N1CC2(CC(Nc3nonc3-c3noc(=O)n3-c3ccc(F)c(Br)c3)C2)C1. The molecule has 156 valence electrons. The Morgan fingerprint density at radius 3 is 2.77 bits per heavy atom. The second kappa shape index (κ2) is 6.65. The van der Waals surface area contributed by atoms with Crippen LogP contribution in [-0.2, 0) is 0 Å². The minimum Gasteiger partial charge on any atom is -0.465 e. The molecular weight excluding hydrogens is 467 g/mol. The van der Waals surface area contributed by atoms with Crippen molar-refractivity contribution >= 4 is 27.8 Å². The van der Waals surface area contributed by atoms with Gasteiger partial charge in [-0.1, -0.05) is 5.16 Å². The van der Waals surface area contributed by atoms with Crippen LogP contribution in [0, 0.1) is 11.2 Å². The summed E-state index contributed by atoms with van der Waals surface area (Å²) in [5, 5.41) is 23.7.